The molecule has 1 aliphatic heterocycles. The predicted molar refractivity (Wildman–Crippen MR) is 90.4 cm³/mol. The van der Waals surface area contributed by atoms with Gasteiger partial charge in [0.2, 0.25) is 0 Å². The lowest BCUT2D eigenvalue weighted by Crippen LogP contribution is -2.16. The molecule has 0 fully saturated rings. The van der Waals surface area contributed by atoms with Crippen LogP contribution in [0, 0.1) is 10.1 Å². The van der Waals surface area contributed by atoms with Crippen LogP contribution in [0.4, 0.5) is 5.69 Å². The van der Waals surface area contributed by atoms with Gasteiger partial charge in [-0.15, -0.1) is 5.10 Å². The predicted octanol–water partition coefficient (Wildman–Crippen LogP) is 2.96. The number of non-ortho nitro benzene ring substituents is 1. The maximum Gasteiger partial charge on any atom is 0.269 e. The van der Waals surface area contributed by atoms with E-state index in [0.717, 1.165) is 22.4 Å². The monoisotopic (exact) mass is 328 g/mol. The third-order valence-corrected chi connectivity index (χ3v) is 3.84. The molecule has 0 radical (unpaired) electrons. The highest BCUT2D eigenvalue weighted by Crippen LogP contribution is 2.24. The molecule has 116 valence electrons. The summed E-state index contributed by atoms with van der Waals surface area (Å²) in [6.07, 6.45) is 0.600. The van der Waals surface area contributed by atoms with Crippen molar-refractivity contribution in [2.24, 2.45) is 15.9 Å². The number of fused-ring (bicyclic) bond motifs is 1. The standard InChI is InChI=1S/C16H13ClN4O2/c17-12-4-1-11-7-13(9-18)19-20-16(15(11)8-12)10-2-5-14(6-3-10)21(22)23/h1-6,8H,7,9,18H2. The first-order valence-corrected chi connectivity index (χ1v) is 7.33. The molecule has 2 aromatic carbocycles. The maximum atomic E-state index is 10.8. The van der Waals surface area contributed by atoms with Crippen LogP contribution in [0.25, 0.3) is 0 Å². The van der Waals surface area contributed by atoms with Gasteiger partial charge in [0.05, 0.1) is 10.6 Å². The zero-order chi connectivity index (χ0) is 16.4. The van der Waals surface area contributed by atoms with Gasteiger partial charge in [0.15, 0.2) is 0 Å². The summed E-state index contributed by atoms with van der Waals surface area (Å²) in [5.74, 6) is 0. The molecule has 6 nitrogen and oxygen atoms in total. The molecule has 23 heavy (non-hydrogen) atoms. The van der Waals surface area contributed by atoms with E-state index in [1.807, 2.05) is 18.2 Å². The summed E-state index contributed by atoms with van der Waals surface area (Å²) in [7, 11) is 0. The molecule has 0 saturated carbocycles. The molecule has 0 amide bonds. The number of nitro groups is 1. The Morgan fingerprint density at radius 1 is 1.17 bits per heavy atom. The SMILES string of the molecule is NCC1=NN=C(c2ccc([N+](=O)[O-])cc2)c2cc(Cl)ccc2C1. The fraction of sp³-hybridized carbons (Fsp3) is 0.125. The average Bonchev–Trinajstić information content (AvgIpc) is 2.74. The highest BCUT2D eigenvalue weighted by atomic mass is 35.5. The van der Waals surface area contributed by atoms with Crippen molar-refractivity contribution in [2.75, 3.05) is 6.54 Å². The summed E-state index contributed by atoms with van der Waals surface area (Å²) in [6.45, 7) is 0.319. The highest BCUT2D eigenvalue weighted by Gasteiger charge is 2.18. The van der Waals surface area contributed by atoms with Crippen LogP contribution in [0.5, 0.6) is 0 Å². The number of hydrogen-bond donors (Lipinski definition) is 1. The molecule has 2 aromatic rings. The zero-order valence-electron chi connectivity index (χ0n) is 12.1. The van der Waals surface area contributed by atoms with Crippen LogP contribution >= 0.6 is 11.6 Å². The summed E-state index contributed by atoms with van der Waals surface area (Å²) in [6, 6.07) is 11.8. The lowest BCUT2D eigenvalue weighted by atomic mass is 9.95. The average molecular weight is 329 g/mol. The van der Waals surface area contributed by atoms with Gasteiger partial charge < -0.3 is 5.73 Å². The minimum absolute atomic E-state index is 0.0282. The van der Waals surface area contributed by atoms with Gasteiger partial charge >= 0.3 is 0 Å². The summed E-state index contributed by atoms with van der Waals surface area (Å²) < 4.78 is 0. The van der Waals surface area contributed by atoms with Gasteiger partial charge in [0.25, 0.3) is 5.69 Å². The van der Waals surface area contributed by atoms with E-state index in [1.54, 1.807) is 12.1 Å². The highest BCUT2D eigenvalue weighted by molar-refractivity contribution is 6.31. The van der Waals surface area contributed by atoms with Gasteiger partial charge in [-0.3, -0.25) is 10.1 Å². The van der Waals surface area contributed by atoms with Crippen molar-refractivity contribution in [2.45, 2.75) is 6.42 Å². The van der Waals surface area contributed by atoms with E-state index < -0.39 is 4.92 Å². The smallest absolute Gasteiger partial charge is 0.269 e. The molecular weight excluding hydrogens is 316 g/mol. The first kappa shape index (κ1) is 15.3. The van der Waals surface area contributed by atoms with E-state index in [4.69, 9.17) is 17.3 Å². The Balaban J connectivity index is 2.13. The molecule has 3 rings (SSSR count). The Morgan fingerprint density at radius 3 is 2.57 bits per heavy atom. The molecule has 2 N–H and O–H groups in total. The van der Waals surface area contributed by atoms with E-state index in [-0.39, 0.29) is 5.69 Å². The summed E-state index contributed by atoms with van der Waals surface area (Å²) in [5, 5.41) is 19.9. The van der Waals surface area contributed by atoms with Crippen molar-refractivity contribution < 1.29 is 4.92 Å². The van der Waals surface area contributed by atoms with Gasteiger partial charge in [-0.1, -0.05) is 17.7 Å². The van der Waals surface area contributed by atoms with E-state index >= 15 is 0 Å². The summed E-state index contributed by atoms with van der Waals surface area (Å²) in [5.41, 5.74) is 9.74. The van der Waals surface area contributed by atoms with Crippen molar-refractivity contribution in [1.29, 1.82) is 0 Å². The Morgan fingerprint density at radius 2 is 1.91 bits per heavy atom. The maximum absolute atomic E-state index is 10.8. The first-order chi connectivity index (χ1) is 11.1. The molecule has 0 aliphatic carbocycles. The van der Waals surface area contributed by atoms with E-state index in [0.29, 0.717) is 23.7 Å². The quantitative estimate of drug-likeness (QED) is 0.693. The van der Waals surface area contributed by atoms with Crippen LogP contribution in [-0.2, 0) is 6.42 Å². The molecule has 0 bridgehead atoms. The minimum Gasteiger partial charge on any atom is -0.325 e. The number of rotatable bonds is 3. The van der Waals surface area contributed by atoms with E-state index in [2.05, 4.69) is 10.2 Å². The number of nitrogens with two attached hydrogens (primary N) is 1. The minimum atomic E-state index is -0.436. The molecule has 1 aliphatic rings. The van der Waals surface area contributed by atoms with Gasteiger partial charge in [-0.2, -0.15) is 5.10 Å². The fourth-order valence-corrected chi connectivity index (χ4v) is 2.59. The second-order valence-corrected chi connectivity index (χ2v) is 5.54. The Kier molecular flexibility index (Phi) is 4.18. The Hall–Kier alpha value is -2.57. The Bertz CT molecular complexity index is 828. The van der Waals surface area contributed by atoms with Crippen molar-refractivity contribution >= 4 is 28.7 Å². The van der Waals surface area contributed by atoms with Crippen LogP contribution in [0.1, 0.15) is 16.7 Å². The largest absolute Gasteiger partial charge is 0.325 e. The van der Waals surface area contributed by atoms with E-state index in [1.165, 1.54) is 12.1 Å². The molecule has 1 heterocycles. The number of hydrogen-bond acceptors (Lipinski definition) is 5. The van der Waals surface area contributed by atoms with Crippen LogP contribution in [0.3, 0.4) is 0 Å². The number of nitrogens with zero attached hydrogens (tertiary/aromatic N) is 3. The van der Waals surface area contributed by atoms with Crippen LogP contribution in [0.2, 0.25) is 5.02 Å². The number of nitro benzene ring substituents is 1. The summed E-state index contributed by atoms with van der Waals surface area (Å²) >= 11 is 6.11. The molecule has 0 unspecified atom stereocenters. The van der Waals surface area contributed by atoms with Crippen molar-refractivity contribution in [3.8, 4) is 0 Å². The van der Waals surface area contributed by atoms with Crippen molar-refractivity contribution in [1.82, 2.24) is 0 Å². The molecule has 0 spiro atoms. The van der Waals surface area contributed by atoms with Crippen LogP contribution in [0.15, 0.2) is 52.7 Å². The zero-order valence-corrected chi connectivity index (χ0v) is 12.8. The fourth-order valence-electron chi connectivity index (χ4n) is 2.42. The summed E-state index contributed by atoms with van der Waals surface area (Å²) in [4.78, 5) is 10.4. The lowest BCUT2D eigenvalue weighted by Gasteiger charge is -2.10. The second kappa shape index (κ2) is 6.28. The molecule has 0 atom stereocenters. The van der Waals surface area contributed by atoms with Crippen molar-refractivity contribution in [3.05, 3.63) is 74.3 Å². The van der Waals surface area contributed by atoms with Crippen LogP contribution in [-0.4, -0.2) is 22.9 Å². The van der Waals surface area contributed by atoms with Gasteiger partial charge in [0, 0.05) is 41.2 Å². The first-order valence-electron chi connectivity index (χ1n) is 6.95. The molecular formula is C16H13ClN4O2. The number of benzene rings is 2. The molecule has 0 aromatic heterocycles. The molecule has 0 saturated heterocycles. The normalized spacial score (nSPS) is 13.7. The van der Waals surface area contributed by atoms with Gasteiger partial charge in [-0.05, 0) is 29.8 Å². The lowest BCUT2D eigenvalue weighted by molar-refractivity contribution is -0.384. The Labute approximate surface area is 137 Å². The van der Waals surface area contributed by atoms with Gasteiger partial charge in [0.1, 0.15) is 5.71 Å². The third kappa shape index (κ3) is 3.13. The molecule has 7 heteroatoms. The van der Waals surface area contributed by atoms with E-state index in [9.17, 15) is 10.1 Å². The van der Waals surface area contributed by atoms with Crippen molar-refractivity contribution in [3.63, 3.8) is 0 Å². The number of halogens is 1. The second-order valence-electron chi connectivity index (χ2n) is 5.10. The third-order valence-electron chi connectivity index (χ3n) is 3.60. The topological polar surface area (TPSA) is 93.9 Å². The van der Waals surface area contributed by atoms with Gasteiger partial charge in [-0.25, -0.2) is 0 Å². The van der Waals surface area contributed by atoms with Crippen LogP contribution < -0.4 is 5.73 Å².